The summed E-state index contributed by atoms with van der Waals surface area (Å²) in [6.07, 6.45) is 0. The molecule has 0 aliphatic heterocycles. The predicted octanol–water partition coefficient (Wildman–Crippen LogP) is 5.45. The van der Waals surface area contributed by atoms with Gasteiger partial charge in [-0.1, -0.05) is 17.4 Å². The fourth-order valence-corrected chi connectivity index (χ4v) is 3.60. The SMILES string of the molecule is COc1ccc2c(C(=O)OC(C)(C)C)c(Nc3ccc(C)cc3F)sc2n1. The highest BCUT2D eigenvalue weighted by Crippen LogP contribution is 2.39. The number of ether oxygens (including phenoxy) is 2. The van der Waals surface area contributed by atoms with Crippen LogP contribution in [-0.2, 0) is 4.74 Å². The molecule has 142 valence electrons. The predicted molar refractivity (Wildman–Crippen MR) is 106 cm³/mol. The van der Waals surface area contributed by atoms with E-state index in [1.165, 1.54) is 24.5 Å². The largest absolute Gasteiger partial charge is 0.481 e. The number of nitrogens with one attached hydrogen (secondary N) is 1. The number of thiophene rings is 1. The number of carbonyl (C=O) groups excluding carboxylic acids is 1. The van der Waals surface area contributed by atoms with Crippen LogP contribution < -0.4 is 10.1 Å². The van der Waals surface area contributed by atoms with Crippen LogP contribution in [0.3, 0.4) is 0 Å². The molecule has 1 N–H and O–H groups in total. The maximum absolute atomic E-state index is 14.3. The molecule has 27 heavy (non-hydrogen) atoms. The minimum absolute atomic E-state index is 0.281. The summed E-state index contributed by atoms with van der Waals surface area (Å²) in [6.45, 7) is 7.21. The Morgan fingerprint density at radius 1 is 1.22 bits per heavy atom. The van der Waals surface area contributed by atoms with E-state index in [2.05, 4.69) is 10.3 Å². The average Bonchev–Trinajstić information content (AvgIpc) is 2.92. The molecule has 0 aliphatic carbocycles. The molecule has 0 saturated heterocycles. The van der Waals surface area contributed by atoms with Crippen molar-refractivity contribution in [1.82, 2.24) is 4.98 Å². The smallest absolute Gasteiger partial charge is 0.342 e. The zero-order valence-corrected chi connectivity index (χ0v) is 16.7. The second-order valence-electron chi connectivity index (χ2n) is 7.12. The standard InChI is InChI=1S/C20H21FN2O3S/c1-11-6-8-14(13(21)10-11)22-18-16(19(24)26-20(2,3)4)12-7-9-15(25-5)23-17(12)27-18/h6-10,22H,1-5H3. The van der Waals surface area contributed by atoms with Crippen LogP contribution in [0.2, 0.25) is 0 Å². The maximum Gasteiger partial charge on any atom is 0.342 e. The Balaban J connectivity index is 2.11. The van der Waals surface area contributed by atoms with E-state index < -0.39 is 17.4 Å². The van der Waals surface area contributed by atoms with Gasteiger partial charge in [0.25, 0.3) is 0 Å². The normalized spacial score (nSPS) is 11.5. The number of esters is 1. The molecule has 0 spiro atoms. The number of hydrogen-bond donors (Lipinski definition) is 1. The van der Waals surface area contributed by atoms with E-state index in [1.54, 1.807) is 45.0 Å². The van der Waals surface area contributed by atoms with Gasteiger partial charge in [-0.3, -0.25) is 0 Å². The van der Waals surface area contributed by atoms with Gasteiger partial charge in [-0.05, 0) is 51.5 Å². The topological polar surface area (TPSA) is 60.5 Å². The summed E-state index contributed by atoms with van der Waals surface area (Å²) in [4.78, 5) is 17.8. The van der Waals surface area contributed by atoms with Crippen LogP contribution in [-0.4, -0.2) is 23.7 Å². The summed E-state index contributed by atoms with van der Waals surface area (Å²) < 4.78 is 25.0. The molecule has 0 radical (unpaired) electrons. The molecule has 7 heteroatoms. The Morgan fingerprint density at radius 2 is 1.96 bits per heavy atom. The molecule has 0 atom stereocenters. The van der Waals surface area contributed by atoms with Gasteiger partial charge in [0.15, 0.2) is 0 Å². The van der Waals surface area contributed by atoms with Crippen LogP contribution in [0.4, 0.5) is 15.1 Å². The highest BCUT2D eigenvalue weighted by atomic mass is 32.1. The van der Waals surface area contributed by atoms with E-state index >= 15 is 0 Å². The van der Waals surface area contributed by atoms with Crippen molar-refractivity contribution in [2.24, 2.45) is 0 Å². The number of halogens is 1. The summed E-state index contributed by atoms with van der Waals surface area (Å²) in [7, 11) is 1.53. The zero-order valence-electron chi connectivity index (χ0n) is 15.8. The molecular formula is C20H21FN2O3S. The fourth-order valence-electron chi connectivity index (χ4n) is 2.54. The summed E-state index contributed by atoms with van der Waals surface area (Å²) >= 11 is 1.25. The number of aryl methyl sites for hydroxylation is 1. The van der Waals surface area contributed by atoms with Crippen molar-refractivity contribution < 1.29 is 18.7 Å². The van der Waals surface area contributed by atoms with E-state index in [1.807, 2.05) is 6.92 Å². The lowest BCUT2D eigenvalue weighted by Crippen LogP contribution is -2.24. The van der Waals surface area contributed by atoms with E-state index in [0.29, 0.717) is 26.7 Å². The van der Waals surface area contributed by atoms with Crippen molar-refractivity contribution in [3.05, 3.63) is 47.3 Å². The van der Waals surface area contributed by atoms with Crippen LogP contribution in [0.25, 0.3) is 10.2 Å². The Kier molecular flexibility index (Phi) is 5.06. The summed E-state index contributed by atoms with van der Waals surface area (Å²) in [5, 5.41) is 4.13. The first-order valence-electron chi connectivity index (χ1n) is 8.42. The lowest BCUT2D eigenvalue weighted by Gasteiger charge is -2.20. The van der Waals surface area contributed by atoms with Gasteiger partial charge in [0.05, 0.1) is 12.8 Å². The highest BCUT2D eigenvalue weighted by molar-refractivity contribution is 7.23. The van der Waals surface area contributed by atoms with Gasteiger partial charge >= 0.3 is 5.97 Å². The quantitative estimate of drug-likeness (QED) is 0.602. The Hall–Kier alpha value is -2.67. The minimum atomic E-state index is -0.655. The molecule has 3 aromatic rings. The van der Waals surface area contributed by atoms with E-state index in [0.717, 1.165) is 5.56 Å². The number of methoxy groups -OCH3 is 1. The Labute approximate surface area is 161 Å². The van der Waals surface area contributed by atoms with Crippen molar-refractivity contribution in [1.29, 1.82) is 0 Å². The average molecular weight is 388 g/mol. The lowest BCUT2D eigenvalue weighted by atomic mass is 10.1. The highest BCUT2D eigenvalue weighted by Gasteiger charge is 2.26. The molecule has 0 bridgehead atoms. The monoisotopic (exact) mass is 388 g/mol. The third-order valence-electron chi connectivity index (χ3n) is 3.71. The second-order valence-corrected chi connectivity index (χ2v) is 8.12. The third-order valence-corrected chi connectivity index (χ3v) is 4.73. The van der Waals surface area contributed by atoms with Crippen LogP contribution in [0.1, 0.15) is 36.7 Å². The molecule has 5 nitrogen and oxygen atoms in total. The summed E-state index contributed by atoms with van der Waals surface area (Å²) in [6, 6.07) is 8.31. The second kappa shape index (κ2) is 7.15. The summed E-state index contributed by atoms with van der Waals surface area (Å²) in [5.74, 6) is -0.448. The van der Waals surface area contributed by atoms with Crippen LogP contribution in [0.15, 0.2) is 30.3 Å². The number of hydrogen-bond acceptors (Lipinski definition) is 6. The summed E-state index contributed by atoms with van der Waals surface area (Å²) in [5.41, 5.74) is 0.773. The van der Waals surface area contributed by atoms with E-state index in [9.17, 15) is 9.18 Å². The molecule has 0 aliphatic rings. The Morgan fingerprint density at radius 3 is 2.59 bits per heavy atom. The zero-order chi connectivity index (χ0) is 19.8. The van der Waals surface area contributed by atoms with Crippen molar-refractivity contribution in [2.75, 3.05) is 12.4 Å². The van der Waals surface area contributed by atoms with Crippen molar-refractivity contribution >= 4 is 38.2 Å². The maximum atomic E-state index is 14.3. The van der Waals surface area contributed by atoms with Gasteiger partial charge in [0, 0.05) is 11.5 Å². The molecule has 0 unspecified atom stereocenters. The molecule has 2 aromatic heterocycles. The first-order valence-corrected chi connectivity index (χ1v) is 9.23. The molecular weight excluding hydrogens is 367 g/mol. The number of anilines is 2. The fraction of sp³-hybridized carbons (Fsp3) is 0.300. The van der Waals surface area contributed by atoms with Crippen LogP contribution >= 0.6 is 11.3 Å². The molecule has 3 rings (SSSR count). The van der Waals surface area contributed by atoms with Crippen molar-refractivity contribution in [3.8, 4) is 5.88 Å². The first kappa shape index (κ1) is 19.1. The lowest BCUT2D eigenvalue weighted by molar-refractivity contribution is 0.00734. The van der Waals surface area contributed by atoms with Gasteiger partial charge in [-0.2, -0.15) is 0 Å². The third kappa shape index (κ3) is 4.19. The number of carbonyl (C=O) groups is 1. The molecule has 2 heterocycles. The van der Waals surface area contributed by atoms with Gasteiger partial charge in [-0.15, -0.1) is 0 Å². The number of aromatic nitrogens is 1. The van der Waals surface area contributed by atoms with Crippen molar-refractivity contribution in [2.45, 2.75) is 33.3 Å². The van der Waals surface area contributed by atoms with Crippen LogP contribution in [0, 0.1) is 12.7 Å². The van der Waals surface area contributed by atoms with E-state index in [-0.39, 0.29) is 5.69 Å². The van der Waals surface area contributed by atoms with Gasteiger partial charge in [-0.25, -0.2) is 14.2 Å². The number of nitrogens with zero attached hydrogens (tertiary/aromatic N) is 1. The molecule has 0 amide bonds. The number of fused-ring (bicyclic) bond motifs is 1. The molecule has 1 aromatic carbocycles. The van der Waals surface area contributed by atoms with E-state index in [4.69, 9.17) is 9.47 Å². The first-order chi connectivity index (χ1) is 12.7. The Bertz CT molecular complexity index is 1010. The molecule has 0 saturated carbocycles. The number of rotatable bonds is 4. The van der Waals surface area contributed by atoms with Crippen molar-refractivity contribution in [3.63, 3.8) is 0 Å². The minimum Gasteiger partial charge on any atom is -0.481 e. The number of benzene rings is 1. The number of pyridine rings is 1. The van der Waals surface area contributed by atoms with Crippen LogP contribution in [0.5, 0.6) is 5.88 Å². The molecule has 0 fully saturated rings. The van der Waals surface area contributed by atoms with Gasteiger partial charge < -0.3 is 14.8 Å². The van der Waals surface area contributed by atoms with Gasteiger partial charge in [0.1, 0.15) is 26.8 Å². The van der Waals surface area contributed by atoms with Gasteiger partial charge in [0.2, 0.25) is 5.88 Å².